The van der Waals surface area contributed by atoms with Gasteiger partial charge in [-0.3, -0.25) is 0 Å². The molecule has 0 spiro atoms. The van der Waals surface area contributed by atoms with Gasteiger partial charge in [0.1, 0.15) is 0 Å². The largest absolute Gasteiger partial charge is 0.374 e. The minimum Gasteiger partial charge on any atom is -0.374 e. The summed E-state index contributed by atoms with van der Waals surface area (Å²) in [4.78, 5) is 2.37. The average Bonchev–Trinajstić information content (AvgIpc) is 2.27. The van der Waals surface area contributed by atoms with Gasteiger partial charge in [-0.05, 0) is 36.9 Å². The second-order valence-corrected chi connectivity index (χ2v) is 6.43. The van der Waals surface area contributed by atoms with Crippen molar-refractivity contribution in [2.24, 2.45) is 11.8 Å². The molecule has 0 aromatic heterocycles. The predicted molar refractivity (Wildman–Crippen MR) is 85.8 cm³/mol. The van der Waals surface area contributed by atoms with Crippen LogP contribution in [-0.2, 0) is 6.54 Å². The molecule has 1 rings (SSSR count). The number of aryl methyl sites for hydroxylation is 1. The summed E-state index contributed by atoms with van der Waals surface area (Å²) in [6.45, 7) is 14.3. The van der Waals surface area contributed by atoms with Crippen molar-refractivity contribution < 1.29 is 0 Å². The molecule has 0 saturated carbocycles. The highest BCUT2D eigenvalue weighted by Gasteiger charge is 2.09. The van der Waals surface area contributed by atoms with Crippen LogP contribution in [0.25, 0.3) is 0 Å². The SMILES string of the molecule is Cc1ccc(N(C)CC(C)C)c(CNCC(C)C)c1. The Morgan fingerprint density at radius 2 is 1.79 bits per heavy atom. The third kappa shape index (κ3) is 5.65. The van der Waals surface area contributed by atoms with E-state index in [4.69, 9.17) is 0 Å². The van der Waals surface area contributed by atoms with Crippen molar-refractivity contribution in [1.29, 1.82) is 0 Å². The van der Waals surface area contributed by atoms with E-state index in [1.54, 1.807) is 0 Å². The number of rotatable bonds is 7. The quantitative estimate of drug-likeness (QED) is 0.803. The van der Waals surface area contributed by atoms with Gasteiger partial charge in [0.2, 0.25) is 0 Å². The molecule has 2 heteroatoms. The van der Waals surface area contributed by atoms with E-state index in [0.717, 1.165) is 19.6 Å². The molecule has 1 aromatic carbocycles. The summed E-state index contributed by atoms with van der Waals surface area (Å²) in [5, 5.41) is 3.55. The highest BCUT2D eigenvalue weighted by molar-refractivity contribution is 5.54. The second kappa shape index (κ2) is 7.54. The maximum absolute atomic E-state index is 3.55. The molecule has 0 fully saturated rings. The lowest BCUT2D eigenvalue weighted by molar-refractivity contribution is 0.551. The van der Waals surface area contributed by atoms with E-state index in [1.165, 1.54) is 16.8 Å². The Kier molecular flexibility index (Phi) is 6.36. The first-order valence-electron chi connectivity index (χ1n) is 7.41. The van der Waals surface area contributed by atoms with E-state index in [1.807, 2.05) is 0 Å². The van der Waals surface area contributed by atoms with Gasteiger partial charge in [-0.1, -0.05) is 45.4 Å². The van der Waals surface area contributed by atoms with Crippen LogP contribution in [0.3, 0.4) is 0 Å². The van der Waals surface area contributed by atoms with Crippen LogP contribution < -0.4 is 10.2 Å². The molecule has 0 heterocycles. The number of hydrogen-bond donors (Lipinski definition) is 1. The van der Waals surface area contributed by atoms with Gasteiger partial charge in [-0.15, -0.1) is 0 Å². The number of nitrogens with zero attached hydrogens (tertiary/aromatic N) is 1. The van der Waals surface area contributed by atoms with Crippen molar-refractivity contribution in [3.63, 3.8) is 0 Å². The molecule has 0 amide bonds. The maximum atomic E-state index is 3.55. The molecular formula is C17H30N2. The summed E-state index contributed by atoms with van der Waals surface area (Å²) in [6, 6.07) is 6.77. The zero-order chi connectivity index (χ0) is 14.4. The minimum atomic E-state index is 0.683. The van der Waals surface area contributed by atoms with Crippen LogP contribution in [0.2, 0.25) is 0 Å². The zero-order valence-corrected chi connectivity index (χ0v) is 13.5. The average molecular weight is 262 g/mol. The molecule has 0 atom stereocenters. The molecule has 108 valence electrons. The van der Waals surface area contributed by atoms with Gasteiger partial charge in [0.05, 0.1) is 0 Å². The van der Waals surface area contributed by atoms with Crippen molar-refractivity contribution >= 4 is 5.69 Å². The van der Waals surface area contributed by atoms with E-state index in [-0.39, 0.29) is 0 Å². The Hall–Kier alpha value is -1.02. The second-order valence-electron chi connectivity index (χ2n) is 6.43. The van der Waals surface area contributed by atoms with Gasteiger partial charge in [0.15, 0.2) is 0 Å². The third-order valence-electron chi connectivity index (χ3n) is 3.15. The molecule has 0 aliphatic carbocycles. The number of nitrogens with one attached hydrogen (secondary N) is 1. The van der Waals surface area contributed by atoms with Crippen molar-refractivity contribution in [1.82, 2.24) is 5.32 Å². The first-order chi connectivity index (χ1) is 8.90. The van der Waals surface area contributed by atoms with Crippen LogP contribution in [0.1, 0.15) is 38.8 Å². The number of benzene rings is 1. The lowest BCUT2D eigenvalue weighted by Crippen LogP contribution is -2.26. The molecule has 0 unspecified atom stereocenters. The van der Waals surface area contributed by atoms with Crippen LogP contribution >= 0.6 is 0 Å². The van der Waals surface area contributed by atoms with E-state index in [9.17, 15) is 0 Å². The van der Waals surface area contributed by atoms with Crippen molar-refractivity contribution in [2.75, 3.05) is 25.0 Å². The Morgan fingerprint density at radius 3 is 2.37 bits per heavy atom. The molecule has 2 nitrogen and oxygen atoms in total. The molecule has 0 saturated heterocycles. The van der Waals surface area contributed by atoms with Gasteiger partial charge in [0, 0.05) is 25.8 Å². The molecule has 1 aromatic rings. The molecular weight excluding hydrogens is 232 g/mol. The molecule has 0 bridgehead atoms. The Balaban J connectivity index is 2.79. The maximum Gasteiger partial charge on any atom is 0.0409 e. The van der Waals surface area contributed by atoms with Gasteiger partial charge < -0.3 is 10.2 Å². The van der Waals surface area contributed by atoms with Crippen LogP contribution in [-0.4, -0.2) is 20.1 Å². The Bertz CT molecular complexity index is 383. The minimum absolute atomic E-state index is 0.683. The van der Waals surface area contributed by atoms with Crippen LogP contribution in [0.4, 0.5) is 5.69 Å². The normalized spacial score (nSPS) is 11.4. The van der Waals surface area contributed by atoms with Crippen LogP contribution in [0.15, 0.2) is 18.2 Å². The monoisotopic (exact) mass is 262 g/mol. The van der Waals surface area contributed by atoms with E-state index in [0.29, 0.717) is 11.8 Å². The van der Waals surface area contributed by atoms with Crippen molar-refractivity contribution in [2.45, 2.75) is 41.2 Å². The third-order valence-corrected chi connectivity index (χ3v) is 3.15. The van der Waals surface area contributed by atoms with Crippen molar-refractivity contribution in [3.8, 4) is 0 Å². The van der Waals surface area contributed by atoms with Gasteiger partial charge in [-0.25, -0.2) is 0 Å². The number of hydrogen-bond acceptors (Lipinski definition) is 2. The lowest BCUT2D eigenvalue weighted by Gasteiger charge is -2.25. The number of anilines is 1. The summed E-state index contributed by atoms with van der Waals surface area (Å²) in [5.41, 5.74) is 4.10. The Morgan fingerprint density at radius 1 is 1.11 bits per heavy atom. The zero-order valence-electron chi connectivity index (χ0n) is 13.5. The molecule has 19 heavy (non-hydrogen) atoms. The molecule has 0 radical (unpaired) electrons. The standard InChI is InChI=1S/C17H30N2/c1-13(2)10-18-11-16-9-15(5)7-8-17(16)19(6)12-14(3)4/h7-9,13-14,18H,10-12H2,1-6H3. The van der Waals surface area contributed by atoms with E-state index < -0.39 is 0 Å². The lowest BCUT2D eigenvalue weighted by atomic mass is 10.1. The molecule has 1 N–H and O–H groups in total. The highest BCUT2D eigenvalue weighted by atomic mass is 15.1. The van der Waals surface area contributed by atoms with E-state index >= 15 is 0 Å². The van der Waals surface area contributed by atoms with Gasteiger partial charge >= 0.3 is 0 Å². The first-order valence-corrected chi connectivity index (χ1v) is 7.41. The van der Waals surface area contributed by atoms with E-state index in [2.05, 4.69) is 70.1 Å². The first kappa shape index (κ1) is 16.0. The highest BCUT2D eigenvalue weighted by Crippen LogP contribution is 2.22. The van der Waals surface area contributed by atoms with Crippen molar-refractivity contribution in [3.05, 3.63) is 29.3 Å². The van der Waals surface area contributed by atoms with Crippen LogP contribution in [0.5, 0.6) is 0 Å². The van der Waals surface area contributed by atoms with Gasteiger partial charge in [0.25, 0.3) is 0 Å². The fourth-order valence-electron chi connectivity index (χ4n) is 2.37. The van der Waals surface area contributed by atoms with Crippen LogP contribution in [0, 0.1) is 18.8 Å². The topological polar surface area (TPSA) is 15.3 Å². The summed E-state index contributed by atoms with van der Waals surface area (Å²) >= 11 is 0. The smallest absolute Gasteiger partial charge is 0.0409 e. The summed E-state index contributed by atoms with van der Waals surface area (Å²) in [5.74, 6) is 1.38. The summed E-state index contributed by atoms with van der Waals surface area (Å²) in [6.07, 6.45) is 0. The summed E-state index contributed by atoms with van der Waals surface area (Å²) in [7, 11) is 2.19. The fraction of sp³-hybridized carbons (Fsp3) is 0.647. The fourth-order valence-corrected chi connectivity index (χ4v) is 2.37. The Labute approximate surface area is 119 Å². The molecule has 0 aliphatic rings. The summed E-state index contributed by atoms with van der Waals surface area (Å²) < 4.78 is 0. The molecule has 0 aliphatic heterocycles. The van der Waals surface area contributed by atoms with Gasteiger partial charge in [-0.2, -0.15) is 0 Å². The predicted octanol–water partition coefficient (Wildman–Crippen LogP) is 3.83.